The van der Waals surface area contributed by atoms with Crippen LogP contribution in [0.3, 0.4) is 0 Å². The molecule has 6 nitrogen and oxygen atoms in total. The zero-order valence-corrected chi connectivity index (χ0v) is 15.2. The van der Waals surface area contributed by atoms with Crippen molar-refractivity contribution in [2.45, 2.75) is 13.0 Å². The lowest BCUT2D eigenvalue weighted by atomic mass is 10.2. The molecule has 25 heavy (non-hydrogen) atoms. The highest BCUT2D eigenvalue weighted by Crippen LogP contribution is 2.23. The number of nitrogens with one attached hydrogen (secondary N) is 1. The van der Waals surface area contributed by atoms with Crippen molar-refractivity contribution in [1.29, 1.82) is 5.26 Å². The Bertz CT molecular complexity index is 845. The number of amides is 1. The van der Waals surface area contributed by atoms with Gasteiger partial charge in [-0.3, -0.25) is 4.79 Å². The number of esters is 1. The van der Waals surface area contributed by atoms with E-state index < -0.39 is 18.0 Å². The van der Waals surface area contributed by atoms with Gasteiger partial charge in [-0.15, -0.1) is 0 Å². The molecule has 0 heterocycles. The van der Waals surface area contributed by atoms with Crippen molar-refractivity contribution in [3.63, 3.8) is 0 Å². The van der Waals surface area contributed by atoms with Crippen molar-refractivity contribution in [1.82, 2.24) is 0 Å². The van der Waals surface area contributed by atoms with Crippen LogP contribution in [0, 0.1) is 11.3 Å². The van der Waals surface area contributed by atoms with Crippen molar-refractivity contribution in [3.8, 4) is 11.8 Å². The van der Waals surface area contributed by atoms with E-state index >= 15 is 0 Å². The topological polar surface area (TPSA) is 88.4 Å². The van der Waals surface area contributed by atoms with Crippen LogP contribution in [0.2, 0.25) is 0 Å². The van der Waals surface area contributed by atoms with Crippen molar-refractivity contribution in [2.24, 2.45) is 0 Å². The van der Waals surface area contributed by atoms with E-state index in [0.29, 0.717) is 21.5 Å². The average molecular weight is 403 g/mol. The standard InChI is InChI=1S/C18H15BrN2O4/c1-11(17(22)21-16-6-4-3-5-12(16)10-20)25-18(23)14-9-13(24-2)7-8-15(14)19/h3-9,11H,1-2H3,(H,21,22). The number of carbonyl (C=O) groups excluding carboxylic acids is 2. The molecular weight excluding hydrogens is 388 g/mol. The van der Waals surface area contributed by atoms with Gasteiger partial charge in [0, 0.05) is 4.47 Å². The van der Waals surface area contributed by atoms with Crippen LogP contribution < -0.4 is 10.1 Å². The Morgan fingerprint density at radius 3 is 2.64 bits per heavy atom. The third-order valence-electron chi connectivity index (χ3n) is 3.35. The molecule has 0 aromatic heterocycles. The maximum absolute atomic E-state index is 12.3. The van der Waals surface area contributed by atoms with Gasteiger partial charge in [0.25, 0.3) is 5.91 Å². The van der Waals surface area contributed by atoms with Gasteiger partial charge in [-0.2, -0.15) is 5.26 Å². The molecule has 2 aromatic carbocycles. The lowest BCUT2D eigenvalue weighted by Gasteiger charge is -2.15. The number of nitrogens with zero attached hydrogens (tertiary/aromatic N) is 1. The predicted molar refractivity (Wildman–Crippen MR) is 95.4 cm³/mol. The smallest absolute Gasteiger partial charge is 0.340 e. The maximum atomic E-state index is 12.3. The van der Waals surface area contributed by atoms with Gasteiger partial charge in [0.2, 0.25) is 0 Å². The second-order valence-corrected chi connectivity index (χ2v) is 5.89. The monoisotopic (exact) mass is 402 g/mol. The van der Waals surface area contributed by atoms with Gasteiger partial charge in [-0.25, -0.2) is 4.79 Å². The molecule has 2 aromatic rings. The van der Waals surface area contributed by atoms with Gasteiger partial charge in [0.05, 0.1) is 23.9 Å². The molecule has 2 rings (SSSR count). The first kappa shape index (κ1) is 18.5. The highest BCUT2D eigenvalue weighted by Gasteiger charge is 2.21. The number of para-hydroxylation sites is 1. The second kappa shape index (κ2) is 8.31. The van der Waals surface area contributed by atoms with Gasteiger partial charge in [-0.1, -0.05) is 12.1 Å². The van der Waals surface area contributed by atoms with Crippen LogP contribution in [0.4, 0.5) is 5.69 Å². The summed E-state index contributed by atoms with van der Waals surface area (Å²) < 4.78 is 10.8. The summed E-state index contributed by atoms with van der Waals surface area (Å²) in [4.78, 5) is 24.5. The number of nitriles is 1. The molecular formula is C18H15BrN2O4. The summed E-state index contributed by atoms with van der Waals surface area (Å²) in [5.41, 5.74) is 0.932. The number of rotatable bonds is 5. The van der Waals surface area contributed by atoms with E-state index in [-0.39, 0.29) is 5.56 Å². The molecule has 0 spiro atoms. The summed E-state index contributed by atoms with van der Waals surface area (Å²) in [7, 11) is 1.49. The van der Waals surface area contributed by atoms with E-state index in [2.05, 4.69) is 21.2 Å². The first-order valence-electron chi connectivity index (χ1n) is 7.30. The molecule has 1 amide bonds. The minimum absolute atomic E-state index is 0.247. The lowest BCUT2D eigenvalue weighted by molar-refractivity contribution is -0.123. The normalized spacial score (nSPS) is 11.1. The fourth-order valence-electron chi connectivity index (χ4n) is 1.99. The van der Waals surface area contributed by atoms with Crippen LogP contribution in [0.5, 0.6) is 5.75 Å². The molecule has 0 saturated carbocycles. The molecule has 1 atom stereocenters. The van der Waals surface area contributed by atoms with Gasteiger partial charge >= 0.3 is 5.97 Å². The van der Waals surface area contributed by atoms with Crippen molar-refractivity contribution in [2.75, 3.05) is 12.4 Å². The molecule has 0 aliphatic heterocycles. The Balaban J connectivity index is 2.08. The summed E-state index contributed by atoms with van der Waals surface area (Å²) in [5, 5.41) is 11.6. The maximum Gasteiger partial charge on any atom is 0.340 e. The molecule has 0 aliphatic carbocycles. The van der Waals surface area contributed by atoms with Crippen molar-refractivity contribution < 1.29 is 19.1 Å². The molecule has 1 N–H and O–H groups in total. The number of benzene rings is 2. The van der Waals surface area contributed by atoms with Crippen LogP contribution in [0.25, 0.3) is 0 Å². The summed E-state index contributed by atoms with van der Waals surface area (Å²) in [5.74, 6) is -0.702. The minimum atomic E-state index is -1.04. The van der Waals surface area contributed by atoms with Crippen LogP contribution in [0.15, 0.2) is 46.9 Å². The highest BCUT2D eigenvalue weighted by molar-refractivity contribution is 9.10. The third-order valence-corrected chi connectivity index (χ3v) is 4.04. The van der Waals surface area contributed by atoms with Gasteiger partial charge < -0.3 is 14.8 Å². The number of hydrogen-bond donors (Lipinski definition) is 1. The molecule has 0 fully saturated rings. The van der Waals surface area contributed by atoms with E-state index in [1.807, 2.05) is 6.07 Å². The number of hydrogen-bond acceptors (Lipinski definition) is 5. The first-order valence-corrected chi connectivity index (χ1v) is 8.10. The summed E-state index contributed by atoms with van der Waals surface area (Å²) in [6.45, 7) is 1.45. The van der Waals surface area contributed by atoms with E-state index in [1.165, 1.54) is 20.1 Å². The summed E-state index contributed by atoms with van der Waals surface area (Å²) in [6.07, 6.45) is -1.04. The van der Waals surface area contributed by atoms with Gasteiger partial charge in [0.1, 0.15) is 11.8 Å². The number of methoxy groups -OCH3 is 1. The molecule has 0 radical (unpaired) electrons. The Labute approximate surface area is 153 Å². The largest absolute Gasteiger partial charge is 0.497 e. The Kier molecular flexibility index (Phi) is 6.14. The first-order chi connectivity index (χ1) is 12.0. The van der Waals surface area contributed by atoms with Crippen molar-refractivity contribution >= 4 is 33.5 Å². The summed E-state index contributed by atoms with van der Waals surface area (Å²) in [6, 6.07) is 13.4. The number of ether oxygens (including phenoxy) is 2. The predicted octanol–water partition coefficient (Wildman–Crippen LogP) is 3.51. The average Bonchev–Trinajstić information content (AvgIpc) is 2.62. The second-order valence-electron chi connectivity index (χ2n) is 5.04. The van der Waals surface area contributed by atoms with Gasteiger partial charge in [0.15, 0.2) is 6.10 Å². The quantitative estimate of drug-likeness (QED) is 0.772. The summed E-state index contributed by atoms with van der Waals surface area (Å²) >= 11 is 3.27. The minimum Gasteiger partial charge on any atom is -0.497 e. The molecule has 0 saturated heterocycles. The van der Waals surface area contributed by atoms with E-state index in [1.54, 1.807) is 36.4 Å². The molecule has 7 heteroatoms. The SMILES string of the molecule is COc1ccc(Br)c(C(=O)OC(C)C(=O)Nc2ccccc2C#N)c1. The van der Waals surface area contributed by atoms with Crippen LogP contribution >= 0.6 is 15.9 Å². The number of anilines is 1. The molecule has 1 unspecified atom stereocenters. The fraction of sp³-hybridized carbons (Fsp3) is 0.167. The Morgan fingerprint density at radius 2 is 1.96 bits per heavy atom. The zero-order chi connectivity index (χ0) is 18.4. The molecule has 128 valence electrons. The Morgan fingerprint density at radius 1 is 1.24 bits per heavy atom. The van der Waals surface area contributed by atoms with E-state index in [9.17, 15) is 9.59 Å². The molecule has 0 bridgehead atoms. The lowest BCUT2D eigenvalue weighted by Crippen LogP contribution is -2.30. The van der Waals surface area contributed by atoms with Crippen molar-refractivity contribution in [3.05, 3.63) is 58.1 Å². The van der Waals surface area contributed by atoms with Crippen LogP contribution in [0.1, 0.15) is 22.8 Å². The third kappa shape index (κ3) is 4.58. The van der Waals surface area contributed by atoms with Crippen LogP contribution in [-0.2, 0) is 9.53 Å². The fourth-order valence-corrected chi connectivity index (χ4v) is 2.40. The van der Waals surface area contributed by atoms with E-state index in [0.717, 1.165) is 0 Å². The zero-order valence-electron chi connectivity index (χ0n) is 13.6. The molecule has 0 aliphatic rings. The van der Waals surface area contributed by atoms with E-state index in [4.69, 9.17) is 14.7 Å². The number of carbonyl (C=O) groups is 2. The number of halogens is 1. The van der Waals surface area contributed by atoms with Crippen LogP contribution in [-0.4, -0.2) is 25.1 Å². The Hall–Kier alpha value is -2.85. The highest BCUT2D eigenvalue weighted by atomic mass is 79.9. The van der Waals surface area contributed by atoms with Gasteiger partial charge in [-0.05, 0) is 53.2 Å².